The Labute approximate surface area is 78.0 Å². The van der Waals surface area contributed by atoms with Crippen LogP contribution in [0.2, 0.25) is 0 Å². The monoisotopic (exact) mass is 191 g/mol. The predicted molar refractivity (Wildman–Crippen MR) is 52.2 cm³/mol. The lowest BCUT2D eigenvalue weighted by atomic mass is 10.2. The van der Waals surface area contributed by atoms with Crippen molar-refractivity contribution in [3.05, 3.63) is 0 Å². The second kappa shape index (κ2) is 7.43. The van der Waals surface area contributed by atoms with E-state index >= 15 is 0 Å². The molecule has 72 valence electrons. The van der Waals surface area contributed by atoms with Gasteiger partial charge in [-0.25, -0.2) is 0 Å². The Hall–Kier alpha value is -0.220. The minimum absolute atomic E-state index is 0.177. The van der Waals surface area contributed by atoms with Crippen LogP contribution in [-0.2, 0) is 9.53 Å². The summed E-state index contributed by atoms with van der Waals surface area (Å²) in [6.45, 7) is 2.10. The van der Waals surface area contributed by atoms with Gasteiger partial charge < -0.3 is 10.5 Å². The van der Waals surface area contributed by atoms with Gasteiger partial charge in [0, 0.05) is 11.8 Å². The minimum atomic E-state index is -0.177. The van der Waals surface area contributed by atoms with E-state index in [4.69, 9.17) is 5.73 Å². The molecular weight excluding hydrogens is 174 g/mol. The highest BCUT2D eigenvalue weighted by molar-refractivity contribution is 7.99. The standard InChI is InChI=1S/C8H17NO2S/c1-3-4-7(9)5-12-6-8(10)11-2/h7H,3-6,9H2,1-2H3. The SMILES string of the molecule is CCCC(N)CSCC(=O)OC. The molecule has 0 saturated heterocycles. The smallest absolute Gasteiger partial charge is 0.315 e. The van der Waals surface area contributed by atoms with E-state index < -0.39 is 0 Å². The van der Waals surface area contributed by atoms with Crippen LogP contribution < -0.4 is 5.73 Å². The maximum Gasteiger partial charge on any atom is 0.315 e. The highest BCUT2D eigenvalue weighted by atomic mass is 32.2. The Morgan fingerprint density at radius 1 is 1.67 bits per heavy atom. The van der Waals surface area contributed by atoms with Gasteiger partial charge in [0.1, 0.15) is 0 Å². The van der Waals surface area contributed by atoms with Crippen molar-refractivity contribution in [3.8, 4) is 0 Å². The molecule has 0 aromatic heterocycles. The number of carbonyl (C=O) groups is 1. The van der Waals surface area contributed by atoms with E-state index in [2.05, 4.69) is 11.7 Å². The summed E-state index contributed by atoms with van der Waals surface area (Å²) >= 11 is 1.53. The summed E-state index contributed by atoms with van der Waals surface area (Å²) in [7, 11) is 1.40. The van der Waals surface area contributed by atoms with E-state index in [1.165, 1.54) is 18.9 Å². The van der Waals surface area contributed by atoms with E-state index in [-0.39, 0.29) is 12.0 Å². The van der Waals surface area contributed by atoms with E-state index in [1.54, 1.807) is 0 Å². The van der Waals surface area contributed by atoms with Crippen LogP contribution in [0.15, 0.2) is 0 Å². The molecule has 0 saturated carbocycles. The molecular formula is C8H17NO2S. The van der Waals surface area contributed by atoms with Gasteiger partial charge in [-0.2, -0.15) is 0 Å². The number of methoxy groups -OCH3 is 1. The maximum atomic E-state index is 10.7. The van der Waals surface area contributed by atoms with Gasteiger partial charge in [-0.15, -0.1) is 11.8 Å². The third-order valence-electron chi connectivity index (χ3n) is 1.44. The van der Waals surface area contributed by atoms with Gasteiger partial charge in [0.15, 0.2) is 0 Å². The summed E-state index contributed by atoms with van der Waals surface area (Å²) in [6.07, 6.45) is 2.12. The van der Waals surface area contributed by atoms with Crippen LogP contribution in [0, 0.1) is 0 Å². The second-order valence-electron chi connectivity index (χ2n) is 2.64. The third kappa shape index (κ3) is 6.49. The number of hydrogen-bond donors (Lipinski definition) is 1. The van der Waals surface area contributed by atoms with Crippen molar-refractivity contribution in [3.63, 3.8) is 0 Å². The number of esters is 1. The van der Waals surface area contributed by atoms with Crippen LogP contribution >= 0.6 is 11.8 Å². The molecule has 0 aromatic carbocycles. The Balaban J connectivity index is 3.24. The average molecular weight is 191 g/mol. The molecule has 3 nitrogen and oxygen atoms in total. The van der Waals surface area contributed by atoms with Gasteiger partial charge in [-0.05, 0) is 6.42 Å². The highest BCUT2D eigenvalue weighted by Crippen LogP contribution is 2.05. The molecule has 0 fully saturated rings. The summed E-state index contributed by atoms with van der Waals surface area (Å²) in [5.41, 5.74) is 5.74. The van der Waals surface area contributed by atoms with Gasteiger partial charge in [0.05, 0.1) is 12.9 Å². The van der Waals surface area contributed by atoms with Crippen LogP contribution in [0.5, 0.6) is 0 Å². The van der Waals surface area contributed by atoms with Crippen molar-refractivity contribution in [1.82, 2.24) is 0 Å². The number of ether oxygens (including phenoxy) is 1. The lowest BCUT2D eigenvalue weighted by Gasteiger charge is -2.08. The molecule has 0 aliphatic rings. The number of nitrogens with two attached hydrogens (primary N) is 1. The van der Waals surface area contributed by atoms with E-state index in [0.717, 1.165) is 18.6 Å². The predicted octanol–water partition coefficient (Wildman–Crippen LogP) is 1.02. The zero-order chi connectivity index (χ0) is 9.40. The average Bonchev–Trinajstić information content (AvgIpc) is 2.04. The van der Waals surface area contributed by atoms with Crippen molar-refractivity contribution >= 4 is 17.7 Å². The molecule has 1 atom stereocenters. The quantitative estimate of drug-likeness (QED) is 0.637. The highest BCUT2D eigenvalue weighted by Gasteiger charge is 2.04. The molecule has 0 rings (SSSR count). The van der Waals surface area contributed by atoms with Crippen molar-refractivity contribution in [2.75, 3.05) is 18.6 Å². The molecule has 0 bridgehead atoms. The van der Waals surface area contributed by atoms with Crippen LogP contribution in [0.25, 0.3) is 0 Å². The second-order valence-corrected chi connectivity index (χ2v) is 3.67. The number of thioether (sulfide) groups is 1. The molecule has 0 heterocycles. The summed E-state index contributed by atoms with van der Waals surface area (Å²) in [5, 5.41) is 0. The van der Waals surface area contributed by atoms with Crippen LogP contribution in [0.4, 0.5) is 0 Å². The van der Waals surface area contributed by atoms with Gasteiger partial charge >= 0.3 is 5.97 Å². The maximum absolute atomic E-state index is 10.7. The van der Waals surface area contributed by atoms with E-state index in [9.17, 15) is 4.79 Å². The Bertz CT molecular complexity index is 130. The van der Waals surface area contributed by atoms with Crippen molar-refractivity contribution in [1.29, 1.82) is 0 Å². The summed E-state index contributed by atoms with van der Waals surface area (Å²) in [5.74, 6) is 1.07. The summed E-state index contributed by atoms with van der Waals surface area (Å²) in [6, 6.07) is 0.213. The third-order valence-corrected chi connectivity index (χ3v) is 2.54. The van der Waals surface area contributed by atoms with Gasteiger partial charge in [-0.3, -0.25) is 4.79 Å². The molecule has 0 amide bonds. The number of rotatable bonds is 6. The van der Waals surface area contributed by atoms with Crippen LogP contribution in [0.3, 0.4) is 0 Å². The normalized spacial score (nSPS) is 12.6. The molecule has 4 heteroatoms. The Morgan fingerprint density at radius 3 is 2.83 bits per heavy atom. The van der Waals surface area contributed by atoms with Crippen molar-refractivity contribution < 1.29 is 9.53 Å². The van der Waals surface area contributed by atoms with E-state index in [0.29, 0.717) is 5.75 Å². The zero-order valence-electron chi connectivity index (χ0n) is 7.71. The van der Waals surface area contributed by atoms with Crippen LogP contribution in [0.1, 0.15) is 19.8 Å². The first-order valence-corrected chi connectivity index (χ1v) is 5.26. The largest absolute Gasteiger partial charge is 0.468 e. The fraction of sp³-hybridized carbons (Fsp3) is 0.875. The lowest BCUT2D eigenvalue weighted by Crippen LogP contribution is -2.23. The van der Waals surface area contributed by atoms with Gasteiger partial charge in [0.25, 0.3) is 0 Å². The minimum Gasteiger partial charge on any atom is -0.468 e. The number of hydrogen-bond acceptors (Lipinski definition) is 4. The zero-order valence-corrected chi connectivity index (χ0v) is 8.52. The molecule has 0 spiro atoms. The van der Waals surface area contributed by atoms with E-state index in [1.807, 2.05) is 0 Å². The molecule has 0 aromatic rings. The van der Waals surface area contributed by atoms with Crippen LogP contribution in [-0.4, -0.2) is 30.6 Å². The summed E-state index contributed by atoms with van der Waals surface area (Å²) < 4.78 is 4.49. The van der Waals surface area contributed by atoms with Crippen molar-refractivity contribution in [2.24, 2.45) is 5.73 Å². The first kappa shape index (κ1) is 11.8. The fourth-order valence-electron chi connectivity index (χ4n) is 0.807. The van der Waals surface area contributed by atoms with Gasteiger partial charge in [-0.1, -0.05) is 13.3 Å². The molecule has 1 unspecified atom stereocenters. The number of carbonyl (C=O) groups excluding carboxylic acids is 1. The Kier molecular flexibility index (Phi) is 7.29. The Morgan fingerprint density at radius 2 is 2.33 bits per heavy atom. The van der Waals surface area contributed by atoms with Gasteiger partial charge in [0.2, 0.25) is 0 Å². The first-order chi connectivity index (χ1) is 5.70. The molecule has 0 aliphatic heterocycles. The first-order valence-electron chi connectivity index (χ1n) is 4.10. The lowest BCUT2D eigenvalue weighted by molar-refractivity contribution is -0.137. The molecule has 0 radical (unpaired) electrons. The summed E-state index contributed by atoms with van der Waals surface area (Å²) in [4.78, 5) is 10.7. The topological polar surface area (TPSA) is 52.3 Å². The fourth-order valence-corrected chi connectivity index (χ4v) is 1.68. The molecule has 2 N–H and O–H groups in total. The molecule has 12 heavy (non-hydrogen) atoms. The van der Waals surface area contributed by atoms with Crippen molar-refractivity contribution in [2.45, 2.75) is 25.8 Å². The molecule has 0 aliphatic carbocycles.